The molecule has 1 aromatic heterocycles. The number of carboxylic acids is 1. The maximum atomic E-state index is 14.4. The summed E-state index contributed by atoms with van der Waals surface area (Å²) in [6.07, 6.45) is 7.20. The number of carbonyl (C=O) groups is 6. The predicted molar refractivity (Wildman–Crippen MR) is 214 cm³/mol. The summed E-state index contributed by atoms with van der Waals surface area (Å²) in [5.74, 6) is -4.32. The molecule has 1 aliphatic heterocycles. The van der Waals surface area contributed by atoms with Crippen LogP contribution in [0, 0.1) is 11.3 Å². The van der Waals surface area contributed by atoms with Crippen molar-refractivity contribution in [1.29, 1.82) is 0 Å². The van der Waals surface area contributed by atoms with Crippen molar-refractivity contribution in [3.05, 3.63) is 83.9 Å². The van der Waals surface area contributed by atoms with Gasteiger partial charge >= 0.3 is 5.97 Å². The Labute approximate surface area is 338 Å². The number of aromatic nitrogens is 2. The number of likely N-dealkylation sites (tertiary alicyclic amines) is 1. The number of aromatic amines is 1. The third-order valence-electron chi connectivity index (χ3n) is 11.6. The molecule has 5 amide bonds. The second-order valence-electron chi connectivity index (χ2n) is 15.6. The van der Waals surface area contributed by atoms with E-state index in [1.54, 1.807) is 43.3 Å². The minimum absolute atomic E-state index is 0.0109. The van der Waals surface area contributed by atoms with Crippen molar-refractivity contribution in [2.45, 2.75) is 108 Å². The number of aliphatic carboxylic acids is 1. The van der Waals surface area contributed by atoms with Gasteiger partial charge in [-0.15, -0.1) is 0 Å². The van der Waals surface area contributed by atoms with Gasteiger partial charge in [-0.3, -0.25) is 24.0 Å². The zero-order valence-corrected chi connectivity index (χ0v) is 33.1. The van der Waals surface area contributed by atoms with Crippen LogP contribution in [0.15, 0.2) is 67.1 Å². The summed E-state index contributed by atoms with van der Waals surface area (Å²) in [6.45, 7) is 3.99. The van der Waals surface area contributed by atoms with Crippen LogP contribution in [0.1, 0.15) is 75.6 Å². The second-order valence-corrected chi connectivity index (χ2v) is 15.6. The van der Waals surface area contributed by atoms with Crippen LogP contribution in [0.3, 0.4) is 0 Å². The van der Waals surface area contributed by atoms with Gasteiger partial charge in [0.1, 0.15) is 36.0 Å². The first kappa shape index (κ1) is 43.4. The summed E-state index contributed by atoms with van der Waals surface area (Å²) >= 11 is 0. The minimum atomic E-state index is -1.23. The van der Waals surface area contributed by atoms with Crippen LogP contribution >= 0.6 is 0 Å². The quantitative estimate of drug-likeness (QED) is 0.0872. The second kappa shape index (κ2) is 20.1. The molecule has 2 fully saturated rings. The van der Waals surface area contributed by atoms with E-state index >= 15 is 0 Å². The maximum absolute atomic E-state index is 14.4. The lowest BCUT2D eigenvalue weighted by molar-refractivity contribution is -0.145. The number of nitrogens with one attached hydrogen (secondary N) is 5. The summed E-state index contributed by atoms with van der Waals surface area (Å²) < 4.78 is 0. The van der Waals surface area contributed by atoms with Gasteiger partial charge in [0.15, 0.2) is 0 Å². The van der Waals surface area contributed by atoms with Crippen LogP contribution in [0.2, 0.25) is 0 Å². The number of nitrogens with zero attached hydrogens (tertiary/aromatic N) is 2. The van der Waals surface area contributed by atoms with Crippen LogP contribution in [0.25, 0.3) is 0 Å². The number of imidazole rings is 1. The number of hydrogen-bond acceptors (Lipinski definition) is 9. The fraction of sp³-hybridized carbons (Fsp3) is 0.500. The minimum Gasteiger partial charge on any atom is -0.508 e. The van der Waals surface area contributed by atoms with Crippen LogP contribution in [-0.4, -0.2) is 104 Å². The van der Waals surface area contributed by atoms with Crippen molar-refractivity contribution >= 4 is 35.5 Å². The molecular formula is C42H56N8O8. The summed E-state index contributed by atoms with van der Waals surface area (Å²) in [4.78, 5) is 90.7. The number of amides is 5. The topological polar surface area (TPSA) is 249 Å². The van der Waals surface area contributed by atoms with Gasteiger partial charge in [-0.05, 0) is 54.9 Å². The van der Waals surface area contributed by atoms with E-state index in [2.05, 4.69) is 31.2 Å². The lowest BCUT2D eigenvalue weighted by Gasteiger charge is -2.32. The van der Waals surface area contributed by atoms with E-state index in [-0.39, 0.29) is 44.0 Å². The average molecular weight is 801 g/mol. The molecule has 58 heavy (non-hydrogen) atoms. The first-order valence-electron chi connectivity index (χ1n) is 20.1. The van der Waals surface area contributed by atoms with Gasteiger partial charge in [-0.2, -0.15) is 0 Å². The molecule has 0 spiro atoms. The molecule has 16 heteroatoms. The molecule has 2 aromatic carbocycles. The van der Waals surface area contributed by atoms with E-state index in [1.807, 2.05) is 13.0 Å². The van der Waals surface area contributed by atoms with Gasteiger partial charge in [-0.25, -0.2) is 9.78 Å². The largest absolute Gasteiger partial charge is 0.508 e. The number of carboxylic acid groups (broad SMARTS) is 1. The van der Waals surface area contributed by atoms with Crippen molar-refractivity contribution in [3.63, 3.8) is 0 Å². The molecule has 3 aromatic rings. The lowest BCUT2D eigenvalue weighted by Crippen LogP contribution is -2.61. The Morgan fingerprint density at radius 2 is 1.53 bits per heavy atom. The molecule has 2 heterocycles. The van der Waals surface area contributed by atoms with Crippen LogP contribution in [0.4, 0.5) is 0 Å². The molecule has 312 valence electrons. The average Bonchev–Trinajstić information content (AvgIpc) is 4.03. The number of phenols is 1. The van der Waals surface area contributed by atoms with Crippen molar-refractivity contribution in [2.24, 2.45) is 17.1 Å². The third kappa shape index (κ3) is 11.0. The van der Waals surface area contributed by atoms with E-state index in [4.69, 9.17) is 5.73 Å². The van der Waals surface area contributed by atoms with Crippen LogP contribution in [-0.2, 0) is 48.0 Å². The van der Waals surface area contributed by atoms with Gasteiger partial charge in [0.2, 0.25) is 29.5 Å². The Hall–Kier alpha value is -5.77. The number of benzene rings is 2. The number of hydrogen-bond donors (Lipinski definition) is 8. The number of carbonyl (C=O) groups excluding carboxylic acids is 5. The highest BCUT2D eigenvalue weighted by Crippen LogP contribution is 2.37. The van der Waals surface area contributed by atoms with Crippen molar-refractivity contribution in [1.82, 2.24) is 36.1 Å². The molecule has 5 rings (SSSR count). The third-order valence-corrected chi connectivity index (χ3v) is 11.6. The van der Waals surface area contributed by atoms with Gasteiger partial charge < -0.3 is 47.1 Å². The Morgan fingerprint density at radius 1 is 0.862 bits per heavy atom. The Bertz CT molecular complexity index is 1870. The van der Waals surface area contributed by atoms with Gasteiger partial charge in [0, 0.05) is 44.2 Å². The SMILES string of the molecule is CC[C@H](C)[C@H](NC(=O)[C@H](Cc1ccc(O)cc1)NC(=O)C1(CN)CCCC1)C(=O)NC(Cc1cnc[nH]1)C(=O)N1CCC[C@H]1C(=O)N[C@@H](Cc1ccccc1)C(=O)O. The molecule has 2 aliphatic rings. The highest BCUT2D eigenvalue weighted by molar-refractivity contribution is 5.97. The van der Waals surface area contributed by atoms with Gasteiger partial charge in [0.25, 0.3) is 0 Å². The first-order chi connectivity index (χ1) is 27.8. The Kier molecular flexibility index (Phi) is 15.0. The monoisotopic (exact) mass is 800 g/mol. The molecule has 1 saturated carbocycles. The summed E-state index contributed by atoms with van der Waals surface area (Å²) in [7, 11) is 0. The van der Waals surface area contributed by atoms with E-state index in [0.717, 1.165) is 18.4 Å². The maximum Gasteiger partial charge on any atom is 0.326 e. The summed E-state index contributed by atoms with van der Waals surface area (Å²) in [6, 6.07) is 9.56. The highest BCUT2D eigenvalue weighted by atomic mass is 16.4. The summed E-state index contributed by atoms with van der Waals surface area (Å²) in [5.41, 5.74) is 7.22. The molecule has 6 atom stereocenters. The number of aromatic hydroxyl groups is 1. The van der Waals surface area contributed by atoms with Crippen LogP contribution < -0.4 is 27.0 Å². The van der Waals surface area contributed by atoms with E-state index in [1.165, 1.54) is 29.6 Å². The number of rotatable bonds is 19. The molecule has 1 unspecified atom stereocenters. The zero-order valence-electron chi connectivity index (χ0n) is 33.1. The first-order valence-corrected chi connectivity index (χ1v) is 20.1. The normalized spacial score (nSPS) is 18.6. The molecule has 1 aliphatic carbocycles. The molecule has 0 bridgehead atoms. The highest BCUT2D eigenvalue weighted by Gasteiger charge is 2.43. The Balaban J connectivity index is 1.35. The molecule has 1 saturated heterocycles. The van der Waals surface area contributed by atoms with E-state index < -0.39 is 71.1 Å². The molecular weight excluding hydrogens is 745 g/mol. The zero-order chi connectivity index (χ0) is 41.8. The number of H-pyrrole nitrogens is 1. The lowest BCUT2D eigenvalue weighted by atomic mass is 9.84. The van der Waals surface area contributed by atoms with E-state index in [0.29, 0.717) is 43.4 Å². The molecule has 9 N–H and O–H groups in total. The smallest absolute Gasteiger partial charge is 0.326 e. The van der Waals surface area contributed by atoms with Crippen molar-refractivity contribution < 1.29 is 39.0 Å². The Morgan fingerprint density at radius 3 is 2.16 bits per heavy atom. The molecule has 0 radical (unpaired) electrons. The van der Waals surface area contributed by atoms with Crippen LogP contribution in [0.5, 0.6) is 5.75 Å². The van der Waals surface area contributed by atoms with Crippen molar-refractivity contribution in [3.8, 4) is 5.75 Å². The van der Waals surface area contributed by atoms with Crippen molar-refractivity contribution in [2.75, 3.05) is 13.1 Å². The fourth-order valence-electron chi connectivity index (χ4n) is 7.82. The number of nitrogens with two attached hydrogens (primary N) is 1. The van der Waals surface area contributed by atoms with E-state index in [9.17, 15) is 39.0 Å². The fourth-order valence-corrected chi connectivity index (χ4v) is 7.82. The summed E-state index contributed by atoms with van der Waals surface area (Å²) in [5, 5.41) is 31.0. The predicted octanol–water partition coefficient (Wildman–Crippen LogP) is 1.72. The van der Waals surface area contributed by atoms with Gasteiger partial charge in [-0.1, -0.05) is 75.6 Å². The standard InChI is InChI=1S/C42H56N8O8/c1-3-26(2)35(49-36(52)31(20-28-13-15-30(51)16-14-28)48-41(58)42(24-43)17-7-8-18-42)38(54)46-32(22-29-23-44-25-45-29)39(55)50-19-9-12-34(50)37(53)47-33(40(56)57)21-27-10-5-4-6-11-27/h4-6,10-11,13-16,23,25-26,31-35,51H,3,7-9,12,17-22,24,43H2,1-2H3,(H,44,45)(H,46,54)(H,47,53)(H,48,58)(H,49,52)(H,56,57)/t26-,31-,32?,33-,34-,35-/m0/s1. The van der Waals surface area contributed by atoms with Gasteiger partial charge in [0.05, 0.1) is 11.7 Å². The molecule has 16 nitrogen and oxygen atoms in total. The number of phenolic OH excluding ortho intramolecular Hbond substituents is 1.